The van der Waals surface area contributed by atoms with E-state index in [-0.39, 0.29) is 0 Å². The number of aromatic nitrogens is 1. The number of rotatable bonds is 5. The molecule has 1 aliphatic rings. The molecule has 0 saturated carbocycles. The first-order valence-electron chi connectivity index (χ1n) is 11.9. The Labute approximate surface area is 232 Å². The first kappa shape index (κ1) is 23.6. The van der Waals surface area contributed by atoms with Crippen LogP contribution in [-0.2, 0) is 0 Å². The molecular weight excluding hydrogens is 586 g/mol. The van der Waals surface area contributed by atoms with Gasteiger partial charge in [0.2, 0.25) is 0 Å². The first-order chi connectivity index (χ1) is 18.2. The number of hydrogen-bond acceptors (Lipinski definition) is 1. The van der Waals surface area contributed by atoms with Gasteiger partial charge in [-0.25, -0.2) is 0 Å². The Morgan fingerprint density at radius 2 is 1.05 bits per heavy atom. The molecule has 5 heteroatoms. The molecule has 0 bridgehead atoms. The van der Waals surface area contributed by atoms with Crippen molar-refractivity contribution in [3.05, 3.63) is 141 Å². The highest BCUT2D eigenvalue weighted by Gasteiger charge is 2.24. The van der Waals surface area contributed by atoms with Crippen molar-refractivity contribution in [1.82, 2.24) is 4.98 Å². The molecule has 1 aromatic heterocycles. The van der Waals surface area contributed by atoms with E-state index in [1.807, 2.05) is 72.8 Å². The van der Waals surface area contributed by atoms with E-state index in [0.717, 1.165) is 53.8 Å². The smallest absolute Gasteiger partial charge is 0.0854 e. The van der Waals surface area contributed by atoms with Gasteiger partial charge in [0.15, 0.2) is 0 Å². The third-order valence-corrected chi connectivity index (χ3v) is 7.71. The molecule has 0 radical (unpaired) electrons. The van der Waals surface area contributed by atoms with E-state index in [1.165, 1.54) is 0 Å². The van der Waals surface area contributed by atoms with E-state index >= 15 is 0 Å². The Kier molecular flexibility index (Phi) is 6.56. The molecule has 6 rings (SSSR count). The minimum atomic E-state index is 0.624. The highest BCUT2D eigenvalue weighted by molar-refractivity contribution is 9.12. The number of allylic oxidation sites excluding steroid dienone is 1. The van der Waals surface area contributed by atoms with Gasteiger partial charge in [-0.2, -0.15) is 0 Å². The number of aliphatic imine (C=N–C) groups is 2. The lowest BCUT2D eigenvalue weighted by molar-refractivity contribution is 1.30. The van der Waals surface area contributed by atoms with Crippen molar-refractivity contribution in [3.63, 3.8) is 0 Å². The van der Waals surface area contributed by atoms with E-state index < -0.39 is 0 Å². The molecule has 0 spiro atoms. The molecule has 5 aromatic rings. The first-order valence-corrected chi connectivity index (χ1v) is 13.4. The van der Waals surface area contributed by atoms with Gasteiger partial charge in [0.25, 0.3) is 0 Å². The van der Waals surface area contributed by atoms with E-state index in [9.17, 15) is 0 Å². The zero-order valence-electron chi connectivity index (χ0n) is 19.6. The summed E-state index contributed by atoms with van der Waals surface area (Å²) in [4.78, 5) is 15.2. The largest absolute Gasteiger partial charge is 0.434 e. The summed E-state index contributed by atoms with van der Waals surface area (Å²) in [5.41, 5.74) is 7.73. The van der Waals surface area contributed by atoms with Crippen molar-refractivity contribution in [3.8, 4) is 22.4 Å². The molecule has 0 amide bonds. The molecule has 0 atom stereocenters. The second-order valence-electron chi connectivity index (χ2n) is 8.52. The average Bonchev–Trinajstić information content (AvgIpc) is 3.46. The maximum absolute atomic E-state index is 5.13. The van der Waals surface area contributed by atoms with Gasteiger partial charge in [-0.3, -0.25) is 4.99 Å². The van der Waals surface area contributed by atoms with Crippen LogP contribution in [0.15, 0.2) is 140 Å². The lowest BCUT2D eigenvalue weighted by Gasteiger charge is -2.13. The van der Waals surface area contributed by atoms with E-state index in [4.69, 9.17) is 15.0 Å². The average molecular weight is 606 g/mol. The van der Waals surface area contributed by atoms with Gasteiger partial charge < -0.3 is 9.98 Å². The lowest BCUT2D eigenvalue weighted by atomic mass is 10.0. The topological polar surface area (TPSA) is 38.8 Å². The lowest BCUT2D eigenvalue weighted by Crippen LogP contribution is -1.97. The van der Waals surface area contributed by atoms with E-state index in [1.54, 1.807) is 0 Å². The normalized spacial score (nSPS) is 14.3. The number of amidine groups is 1. The fraction of sp³-hybridized carbons (Fsp3) is 0. The van der Waals surface area contributed by atoms with Crippen molar-refractivity contribution >= 4 is 54.8 Å². The highest BCUT2D eigenvalue weighted by Crippen LogP contribution is 2.44. The van der Waals surface area contributed by atoms with Crippen LogP contribution in [0.2, 0.25) is 0 Å². The SMILES string of the molecule is BrC1=C(c2ccccc2)/C(=N/c2[n-]c(-c3ccccc3)c(Br)c2-c2ccccc2)N=C1c1ccccc1. The Morgan fingerprint density at radius 1 is 0.568 bits per heavy atom. The third kappa shape index (κ3) is 4.57. The zero-order chi connectivity index (χ0) is 25.2. The van der Waals surface area contributed by atoms with Crippen LogP contribution in [0.1, 0.15) is 11.1 Å². The Balaban J connectivity index is 1.58. The van der Waals surface area contributed by atoms with E-state index in [2.05, 4.69) is 80.4 Å². The molecule has 0 N–H and O–H groups in total. The van der Waals surface area contributed by atoms with Crippen molar-refractivity contribution in [2.75, 3.05) is 0 Å². The van der Waals surface area contributed by atoms with E-state index in [0.29, 0.717) is 11.7 Å². The Morgan fingerprint density at radius 3 is 1.62 bits per heavy atom. The molecule has 0 unspecified atom stereocenters. The van der Waals surface area contributed by atoms with Gasteiger partial charge in [-0.1, -0.05) is 121 Å². The van der Waals surface area contributed by atoms with Crippen molar-refractivity contribution in [2.45, 2.75) is 0 Å². The summed E-state index contributed by atoms with van der Waals surface area (Å²) in [5, 5.41) is 0. The number of hydrogen-bond donors (Lipinski definition) is 0. The molecule has 0 saturated heterocycles. The van der Waals surface area contributed by atoms with Crippen LogP contribution in [0, 0.1) is 0 Å². The summed E-state index contributed by atoms with van der Waals surface area (Å²) < 4.78 is 1.83. The van der Waals surface area contributed by atoms with Crippen LogP contribution >= 0.6 is 31.9 Å². The van der Waals surface area contributed by atoms with Crippen molar-refractivity contribution in [2.24, 2.45) is 9.98 Å². The van der Waals surface area contributed by atoms with Crippen LogP contribution in [0.4, 0.5) is 5.82 Å². The standard InChI is InChI=1S/C32H20Br2N3/c33-27-25(21-13-5-1-6-14-21)31(35-29(27)23-17-9-3-10-18-23)37-32-26(22-15-7-2-8-16-22)28(34)30(36-32)24-19-11-4-12-20-24/h1-20H/q-1/b37-31-. The summed E-state index contributed by atoms with van der Waals surface area (Å²) in [5.74, 6) is 1.25. The molecule has 0 aliphatic carbocycles. The fourth-order valence-electron chi connectivity index (χ4n) is 4.41. The molecule has 178 valence electrons. The molecule has 1 aliphatic heterocycles. The van der Waals surface area contributed by atoms with Crippen LogP contribution in [0.25, 0.3) is 28.0 Å². The second kappa shape index (κ2) is 10.3. The summed E-state index contributed by atoms with van der Waals surface area (Å²) in [6.07, 6.45) is 0. The number of nitrogens with zero attached hydrogens (tertiary/aromatic N) is 3. The zero-order valence-corrected chi connectivity index (χ0v) is 22.8. The second-order valence-corrected chi connectivity index (χ2v) is 10.1. The van der Waals surface area contributed by atoms with Gasteiger partial charge in [-0.05, 0) is 65.6 Å². The minimum absolute atomic E-state index is 0.624. The molecule has 3 nitrogen and oxygen atoms in total. The summed E-state index contributed by atoms with van der Waals surface area (Å²) >= 11 is 7.71. The Hall–Kier alpha value is -3.80. The maximum Gasteiger partial charge on any atom is 0.0854 e. The molecular formula is C32H20Br2N3-. The predicted molar refractivity (Wildman–Crippen MR) is 161 cm³/mol. The van der Waals surface area contributed by atoms with Crippen molar-refractivity contribution < 1.29 is 0 Å². The van der Waals surface area contributed by atoms with Crippen LogP contribution in [0.5, 0.6) is 0 Å². The van der Waals surface area contributed by atoms with Gasteiger partial charge in [0.1, 0.15) is 0 Å². The molecule has 2 heterocycles. The maximum atomic E-state index is 5.13. The summed E-state index contributed by atoms with van der Waals surface area (Å²) in [6.45, 7) is 0. The number of halogens is 2. The van der Waals surface area contributed by atoms with Gasteiger partial charge in [-0.15, -0.1) is 0 Å². The van der Waals surface area contributed by atoms with Crippen LogP contribution in [-0.4, -0.2) is 11.5 Å². The fourth-order valence-corrected chi connectivity index (χ4v) is 5.86. The monoisotopic (exact) mass is 604 g/mol. The number of benzene rings is 4. The quantitative estimate of drug-likeness (QED) is 0.197. The molecule has 0 fully saturated rings. The third-order valence-electron chi connectivity index (χ3n) is 6.17. The van der Waals surface area contributed by atoms with Gasteiger partial charge in [0.05, 0.1) is 16.0 Å². The van der Waals surface area contributed by atoms with Gasteiger partial charge in [0, 0.05) is 15.6 Å². The van der Waals surface area contributed by atoms with Gasteiger partial charge >= 0.3 is 0 Å². The Bertz CT molecular complexity index is 1650. The van der Waals surface area contributed by atoms with Crippen LogP contribution in [0.3, 0.4) is 0 Å². The molecule has 37 heavy (non-hydrogen) atoms. The summed E-state index contributed by atoms with van der Waals surface area (Å²) in [6, 6.07) is 40.8. The summed E-state index contributed by atoms with van der Waals surface area (Å²) in [7, 11) is 0. The highest BCUT2D eigenvalue weighted by atomic mass is 79.9. The predicted octanol–water partition coefficient (Wildman–Crippen LogP) is 9.08. The minimum Gasteiger partial charge on any atom is -0.434 e. The van der Waals surface area contributed by atoms with Crippen LogP contribution < -0.4 is 4.98 Å². The molecule has 4 aromatic carbocycles. The van der Waals surface area contributed by atoms with Crippen molar-refractivity contribution in [1.29, 1.82) is 0 Å².